The quantitative estimate of drug-likeness (QED) is 0.313. The lowest BCUT2D eigenvalue weighted by molar-refractivity contribution is -0.135. The van der Waals surface area contributed by atoms with Gasteiger partial charge in [0.1, 0.15) is 27.8 Å². The minimum atomic E-state index is -3.86. The first-order chi connectivity index (χ1) is 27.7. The molecule has 58 heavy (non-hydrogen) atoms. The zero-order chi connectivity index (χ0) is 41.4. The smallest absolute Gasteiger partial charge is 0.286 e. The van der Waals surface area contributed by atoms with Crippen LogP contribution in [0.2, 0.25) is 5.02 Å². The molecule has 1 aromatic heterocycles. The lowest BCUT2D eigenvalue weighted by Gasteiger charge is -2.46. The second-order valence-electron chi connectivity index (χ2n) is 16.3. The molecular formula is C42H53ClN6O8S. The minimum Gasteiger partial charge on any atom is -0.490 e. The van der Waals surface area contributed by atoms with E-state index in [4.69, 9.17) is 30.5 Å². The van der Waals surface area contributed by atoms with Crippen LogP contribution in [0.15, 0.2) is 59.1 Å². The number of benzene rings is 2. The van der Waals surface area contributed by atoms with Crippen molar-refractivity contribution in [1.29, 1.82) is 0 Å². The third-order valence-corrected chi connectivity index (χ3v) is 14.2. The average Bonchev–Trinajstić information content (AvgIpc) is 3.50. The SMILES string of the molecule is COc1nn(C)cc1C(=O)N[S@@]1(=O)=NC(=O)c2ccc3c(c2)N(C[C@@H]2CC[C@H]2[C@@H](OC)/C=C/[C@H](OCC(=O)N(C)C)[C@H](C)C1)C[C@@]1(CCCc2cc(Cl)ccc21)CO3. The van der Waals surface area contributed by atoms with E-state index in [0.717, 1.165) is 37.8 Å². The van der Waals surface area contributed by atoms with Gasteiger partial charge in [0.25, 0.3) is 11.8 Å². The molecule has 7 rings (SSSR count). The first-order valence-corrected chi connectivity index (χ1v) is 21.8. The third-order valence-electron chi connectivity index (χ3n) is 12.1. The molecular weight excluding hydrogens is 784 g/mol. The van der Waals surface area contributed by atoms with Gasteiger partial charge in [-0.3, -0.25) is 23.8 Å². The van der Waals surface area contributed by atoms with Gasteiger partial charge >= 0.3 is 0 Å². The summed E-state index contributed by atoms with van der Waals surface area (Å²) in [4.78, 5) is 44.6. The van der Waals surface area contributed by atoms with E-state index < -0.39 is 33.8 Å². The van der Waals surface area contributed by atoms with E-state index in [-0.39, 0.29) is 58.6 Å². The van der Waals surface area contributed by atoms with Gasteiger partial charge in [-0.25, -0.2) is 4.21 Å². The Hall–Kier alpha value is -4.44. The predicted octanol–water partition coefficient (Wildman–Crippen LogP) is 5.23. The number of halogens is 1. The molecule has 3 heterocycles. The van der Waals surface area contributed by atoms with E-state index in [1.165, 1.54) is 34.0 Å². The highest BCUT2D eigenvalue weighted by molar-refractivity contribution is 7.92. The van der Waals surface area contributed by atoms with Crippen molar-refractivity contribution in [2.75, 3.05) is 65.3 Å². The Balaban J connectivity index is 1.33. The number of fused-ring (bicyclic) bond motifs is 4. The first-order valence-electron chi connectivity index (χ1n) is 19.7. The van der Waals surface area contributed by atoms with E-state index >= 15 is 4.21 Å². The Kier molecular flexibility index (Phi) is 12.3. The molecule has 312 valence electrons. The summed E-state index contributed by atoms with van der Waals surface area (Å²) < 4.78 is 47.6. The summed E-state index contributed by atoms with van der Waals surface area (Å²) in [5.74, 6) is -1.58. The Morgan fingerprint density at radius 2 is 1.91 bits per heavy atom. The van der Waals surface area contributed by atoms with Crippen LogP contribution in [-0.4, -0.2) is 109 Å². The van der Waals surface area contributed by atoms with Crippen LogP contribution in [0.4, 0.5) is 5.69 Å². The van der Waals surface area contributed by atoms with E-state index in [1.54, 1.807) is 53.4 Å². The van der Waals surface area contributed by atoms with E-state index in [9.17, 15) is 14.4 Å². The van der Waals surface area contributed by atoms with Gasteiger partial charge in [-0.1, -0.05) is 36.7 Å². The third kappa shape index (κ3) is 8.63. The molecule has 16 heteroatoms. The molecule has 7 atom stereocenters. The fourth-order valence-electron chi connectivity index (χ4n) is 8.82. The number of methoxy groups -OCH3 is 2. The van der Waals surface area contributed by atoms with Gasteiger partial charge in [-0.05, 0) is 85.4 Å². The fraction of sp³-hybridized carbons (Fsp3) is 0.524. The molecule has 1 spiro atoms. The van der Waals surface area contributed by atoms with E-state index in [2.05, 4.69) is 31.2 Å². The number of amides is 3. The van der Waals surface area contributed by atoms with Crippen molar-refractivity contribution in [2.45, 2.75) is 56.7 Å². The molecule has 1 saturated carbocycles. The maximum Gasteiger partial charge on any atom is 0.286 e. The number of anilines is 1. The minimum absolute atomic E-state index is 0.0223. The Bertz CT molecular complexity index is 2220. The van der Waals surface area contributed by atoms with Crippen LogP contribution in [0, 0.1) is 17.8 Å². The summed E-state index contributed by atoms with van der Waals surface area (Å²) in [6.45, 7) is 3.33. The molecule has 2 aliphatic heterocycles. The molecule has 14 nitrogen and oxygen atoms in total. The molecule has 0 unspecified atom stereocenters. The summed E-state index contributed by atoms with van der Waals surface area (Å²) in [6.07, 6.45) is 9.01. The van der Waals surface area contributed by atoms with Crippen LogP contribution in [0.5, 0.6) is 11.6 Å². The molecule has 3 aromatic rings. The fourth-order valence-corrected chi connectivity index (χ4v) is 10.9. The Morgan fingerprint density at radius 3 is 2.64 bits per heavy atom. The first kappa shape index (κ1) is 41.7. The summed E-state index contributed by atoms with van der Waals surface area (Å²) in [6, 6.07) is 11.3. The van der Waals surface area contributed by atoms with Gasteiger partial charge in [-0.15, -0.1) is 9.46 Å². The molecule has 0 saturated heterocycles. The maximum absolute atomic E-state index is 15.0. The molecule has 4 aliphatic rings. The standard InChI is InChI=1S/C42H53ClN6O8S/c1-26-23-58(53,46-40(52)32-21-48(4)44-41(32)55-6)45-39(51)28-10-14-37-34(19-28)49(24-42(25-57-37)17-7-8-27-18-30(43)11-13-33(27)42)20-29-9-12-31(29)36(54-5)16-15-35(26)56-22-38(50)47(2)3/h10-11,13-16,18-19,21,26,29,31,35-36H,7-9,12,17,20,22-25H2,1-6H3,(H,45,46,51,52,53)/b16-15+/t26-,29+,31-,35+,36+,42+,58+/m1/s1. The molecule has 1 N–H and O–H groups in total. The number of aryl methyl sites for hydroxylation is 2. The van der Waals surface area contributed by atoms with E-state index in [0.29, 0.717) is 30.5 Å². The Labute approximate surface area is 345 Å². The lowest BCUT2D eigenvalue weighted by atomic mass is 9.68. The van der Waals surface area contributed by atoms with Crippen LogP contribution in [0.3, 0.4) is 0 Å². The molecule has 2 aromatic carbocycles. The zero-order valence-corrected chi connectivity index (χ0v) is 35.5. The molecule has 1 fully saturated rings. The number of nitrogens with one attached hydrogen (secondary N) is 1. The van der Waals surface area contributed by atoms with Crippen molar-refractivity contribution >= 4 is 44.9 Å². The van der Waals surface area contributed by atoms with Crippen LogP contribution >= 0.6 is 11.6 Å². The molecule has 3 amide bonds. The Morgan fingerprint density at radius 1 is 1.12 bits per heavy atom. The van der Waals surface area contributed by atoms with Crippen LogP contribution in [0.1, 0.15) is 64.4 Å². The molecule has 2 bridgehead atoms. The van der Waals surface area contributed by atoms with Crippen molar-refractivity contribution in [3.63, 3.8) is 0 Å². The van der Waals surface area contributed by atoms with Gasteiger partial charge in [0.2, 0.25) is 11.8 Å². The van der Waals surface area contributed by atoms with Gasteiger partial charge in [0.05, 0.1) is 37.4 Å². The van der Waals surface area contributed by atoms with E-state index in [1.807, 2.05) is 18.2 Å². The molecule has 2 aliphatic carbocycles. The highest BCUT2D eigenvalue weighted by Crippen LogP contribution is 2.47. The van der Waals surface area contributed by atoms with Crippen LogP contribution in [-0.2, 0) is 43.1 Å². The number of nitrogens with zero attached hydrogens (tertiary/aromatic N) is 5. The number of carbonyl (C=O) groups is 3. The number of hydrogen-bond acceptors (Lipinski definition) is 10. The maximum atomic E-state index is 15.0. The second kappa shape index (κ2) is 17.0. The van der Waals surface area contributed by atoms with Crippen molar-refractivity contribution in [1.82, 2.24) is 19.4 Å². The zero-order valence-electron chi connectivity index (χ0n) is 33.9. The largest absolute Gasteiger partial charge is 0.490 e. The summed E-state index contributed by atoms with van der Waals surface area (Å²) >= 11 is 6.48. The van der Waals surface area contributed by atoms with Gasteiger partial charge in [0, 0.05) is 69.5 Å². The summed E-state index contributed by atoms with van der Waals surface area (Å²) in [5.41, 5.74) is 3.10. The highest BCUT2D eigenvalue weighted by Gasteiger charge is 2.44. The van der Waals surface area contributed by atoms with Crippen LogP contribution < -0.4 is 19.1 Å². The summed E-state index contributed by atoms with van der Waals surface area (Å²) in [5, 5.41) is 4.87. The van der Waals surface area contributed by atoms with Gasteiger partial charge in [-0.2, -0.15) is 0 Å². The average molecular weight is 837 g/mol. The number of likely N-dealkylation sites (N-methyl/N-ethyl adjacent to an activating group) is 1. The number of aromatic nitrogens is 2. The van der Waals surface area contributed by atoms with Crippen molar-refractivity contribution in [2.24, 2.45) is 29.2 Å². The number of rotatable bonds is 7. The van der Waals surface area contributed by atoms with Crippen molar-refractivity contribution < 1.29 is 37.5 Å². The van der Waals surface area contributed by atoms with Crippen LogP contribution in [0.25, 0.3) is 0 Å². The number of carbonyl (C=O) groups excluding carboxylic acids is 3. The molecule has 0 radical (unpaired) electrons. The van der Waals surface area contributed by atoms with Gasteiger partial charge < -0.3 is 28.7 Å². The second-order valence-corrected chi connectivity index (χ2v) is 18.7. The normalized spacial score (nSPS) is 28.8. The number of hydrogen-bond donors (Lipinski definition) is 1. The van der Waals surface area contributed by atoms with Gasteiger partial charge in [0.15, 0.2) is 0 Å². The number of ether oxygens (including phenoxy) is 4. The van der Waals surface area contributed by atoms with Crippen molar-refractivity contribution in [3.05, 3.63) is 82.0 Å². The predicted molar refractivity (Wildman–Crippen MR) is 221 cm³/mol. The highest BCUT2D eigenvalue weighted by atomic mass is 35.5. The lowest BCUT2D eigenvalue weighted by Crippen LogP contribution is -2.49. The summed E-state index contributed by atoms with van der Waals surface area (Å²) in [7, 11) is 4.11. The van der Waals surface area contributed by atoms with Crippen molar-refractivity contribution in [3.8, 4) is 11.6 Å². The topological polar surface area (TPSA) is 154 Å². The monoisotopic (exact) mass is 836 g/mol.